The van der Waals surface area contributed by atoms with Gasteiger partial charge in [-0.05, 0) is 61.1 Å². The van der Waals surface area contributed by atoms with Crippen LogP contribution in [-0.2, 0) is 5.41 Å². The molecule has 156 valence electrons. The van der Waals surface area contributed by atoms with Crippen LogP contribution in [0.25, 0.3) is 21.7 Å². The van der Waals surface area contributed by atoms with E-state index in [-0.39, 0.29) is 11.3 Å². The Kier molecular flexibility index (Phi) is 5.94. The summed E-state index contributed by atoms with van der Waals surface area (Å²) in [5.41, 5.74) is 4.53. The Balaban J connectivity index is 1.58. The highest BCUT2D eigenvalue weighted by atomic mass is 35.5. The highest BCUT2D eigenvalue weighted by Gasteiger charge is 2.20. The van der Waals surface area contributed by atoms with Gasteiger partial charge in [0.05, 0.1) is 15.6 Å². The number of benzene rings is 1. The van der Waals surface area contributed by atoms with Gasteiger partial charge in [0.1, 0.15) is 0 Å². The van der Waals surface area contributed by atoms with Crippen molar-refractivity contribution in [2.24, 2.45) is 0 Å². The van der Waals surface area contributed by atoms with Crippen molar-refractivity contribution in [3.05, 3.63) is 58.9 Å². The molecule has 0 bridgehead atoms. The average Bonchev–Trinajstić information content (AvgIpc) is 3.23. The van der Waals surface area contributed by atoms with Gasteiger partial charge in [0, 0.05) is 47.1 Å². The molecule has 30 heavy (non-hydrogen) atoms. The third-order valence-corrected chi connectivity index (χ3v) is 6.59. The number of hydrogen-bond acceptors (Lipinski definition) is 4. The van der Waals surface area contributed by atoms with Crippen molar-refractivity contribution in [1.29, 1.82) is 0 Å². The molecule has 3 aromatic rings. The number of halogens is 1. The normalized spacial score (nSPS) is 14.7. The minimum absolute atomic E-state index is 0.0190. The second-order valence-electron chi connectivity index (χ2n) is 8.80. The van der Waals surface area contributed by atoms with E-state index in [1.807, 2.05) is 29.3 Å². The van der Waals surface area contributed by atoms with Gasteiger partial charge in [-0.3, -0.25) is 9.78 Å². The summed E-state index contributed by atoms with van der Waals surface area (Å²) in [5.74, 6) is 0.0691. The molecule has 6 heteroatoms. The van der Waals surface area contributed by atoms with Gasteiger partial charge in [0.25, 0.3) is 5.91 Å². The van der Waals surface area contributed by atoms with Crippen LogP contribution in [0.4, 0.5) is 0 Å². The summed E-state index contributed by atoms with van der Waals surface area (Å²) in [6.45, 7) is 8.12. The number of likely N-dealkylation sites (tertiary alicyclic amines) is 1. The fraction of sp³-hybridized carbons (Fsp3) is 0.375. The molecule has 2 aromatic heterocycles. The second-order valence-corrected chi connectivity index (χ2v) is 10.0. The number of nitrogens with zero attached hydrogens (tertiary/aromatic N) is 3. The van der Waals surface area contributed by atoms with Crippen molar-refractivity contribution >= 4 is 29.0 Å². The molecule has 1 aromatic carbocycles. The SMILES string of the molecule is CC(C)(C)c1cc(-c2cc(-c3ccc(C(=O)N4CCCCC4)cc3Cl)sn2)ccn1. The summed E-state index contributed by atoms with van der Waals surface area (Å²) in [7, 11) is 0. The van der Waals surface area contributed by atoms with Crippen molar-refractivity contribution in [2.75, 3.05) is 13.1 Å². The monoisotopic (exact) mass is 439 g/mol. The number of pyridine rings is 1. The second kappa shape index (κ2) is 8.48. The summed E-state index contributed by atoms with van der Waals surface area (Å²) in [4.78, 5) is 20.2. The first-order valence-corrected chi connectivity index (χ1v) is 11.5. The fourth-order valence-electron chi connectivity index (χ4n) is 3.67. The Bertz CT molecular complexity index is 1060. The standard InChI is InChI=1S/C24H26ClN3OS/c1-24(2,3)22-14-16(9-10-26-22)20-15-21(30-27-20)18-8-7-17(13-19(18)25)23(29)28-11-5-4-6-12-28/h7-10,13-15H,4-6,11-12H2,1-3H3. The Morgan fingerprint density at radius 2 is 1.83 bits per heavy atom. The van der Waals surface area contributed by atoms with E-state index in [4.69, 9.17) is 11.6 Å². The molecule has 1 amide bonds. The first kappa shape index (κ1) is 21.0. The highest BCUT2D eigenvalue weighted by Crippen LogP contribution is 2.35. The predicted molar refractivity (Wildman–Crippen MR) is 124 cm³/mol. The first-order chi connectivity index (χ1) is 14.3. The molecule has 0 aliphatic carbocycles. The van der Waals surface area contributed by atoms with E-state index in [9.17, 15) is 4.79 Å². The van der Waals surface area contributed by atoms with Crippen molar-refractivity contribution in [3.63, 3.8) is 0 Å². The highest BCUT2D eigenvalue weighted by molar-refractivity contribution is 7.10. The van der Waals surface area contributed by atoms with Crippen molar-refractivity contribution in [1.82, 2.24) is 14.3 Å². The van der Waals surface area contributed by atoms with Crippen LogP contribution in [0, 0.1) is 0 Å². The third-order valence-electron chi connectivity index (χ3n) is 5.46. The minimum Gasteiger partial charge on any atom is -0.339 e. The molecule has 3 heterocycles. The summed E-state index contributed by atoms with van der Waals surface area (Å²) in [6.07, 6.45) is 5.19. The zero-order valence-corrected chi connectivity index (χ0v) is 19.2. The van der Waals surface area contributed by atoms with Crippen molar-refractivity contribution in [3.8, 4) is 21.7 Å². The molecular formula is C24H26ClN3OS. The summed E-state index contributed by atoms with van der Waals surface area (Å²) in [5, 5.41) is 0.582. The molecule has 0 atom stereocenters. The number of hydrogen-bond donors (Lipinski definition) is 0. The lowest BCUT2D eigenvalue weighted by atomic mass is 9.90. The van der Waals surface area contributed by atoms with Gasteiger partial charge in [-0.25, -0.2) is 0 Å². The lowest BCUT2D eigenvalue weighted by molar-refractivity contribution is 0.0724. The van der Waals surface area contributed by atoms with Crippen molar-refractivity contribution in [2.45, 2.75) is 45.4 Å². The maximum atomic E-state index is 12.8. The molecule has 0 radical (unpaired) electrons. The zero-order chi connectivity index (χ0) is 21.3. The van der Waals surface area contributed by atoms with Crippen LogP contribution in [0.5, 0.6) is 0 Å². The molecule has 4 nitrogen and oxygen atoms in total. The largest absolute Gasteiger partial charge is 0.339 e. The van der Waals surface area contributed by atoms with Gasteiger partial charge < -0.3 is 4.90 Å². The summed E-state index contributed by atoms with van der Waals surface area (Å²) >= 11 is 8.00. The molecule has 1 aliphatic heterocycles. The molecule has 4 rings (SSSR count). The van der Waals surface area contributed by atoms with E-state index < -0.39 is 0 Å². The number of rotatable bonds is 3. The third kappa shape index (κ3) is 4.42. The van der Waals surface area contributed by atoms with Crippen LogP contribution in [-0.4, -0.2) is 33.3 Å². The van der Waals surface area contributed by atoms with E-state index >= 15 is 0 Å². The molecule has 1 fully saturated rings. The Morgan fingerprint density at radius 1 is 1.07 bits per heavy atom. The Labute approximate surface area is 187 Å². The predicted octanol–water partition coefficient (Wildman–Crippen LogP) is 6.45. The van der Waals surface area contributed by atoms with E-state index in [0.29, 0.717) is 10.6 Å². The van der Waals surface area contributed by atoms with Gasteiger partial charge in [0.2, 0.25) is 0 Å². The summed E-state index contributed by atoms with van der Waals surface area (Å²) in [6, 6.07) is 11.7. The molecular weight excluding hydrogens is 414 g/mol. The molecule has 0 N–H and O–H groups in total. The smallest absolute Gasteiger partial charge is 0.253 e. The quantitative estimate of drug-likeness (QED) is 0.471. The number of amides is 1. The number of aromatic nitrogens is 2. The minimum atomic E-state index is -0.0190. The average molecular weight is 440 g/mol. The summed E-state index contributed by atoms with van der Waals surface area (Å²) < 4.78 is 4.64. The Hall–Kier alpha value is -2.24. The number of piperidine rings is 1. The fourth-order valence-corrected chi connectivity index (χ4v) is 4.80. The van der Waals surface area contributed by atoms with E-state index in [2.05, 4.69) is 42.3 Å². The van der Waals surface area contributed by atoms with Gasteiger partial charge in [0.15, 0.2) is 0 Å². The number of carbonyl (C=O) groups excluding carboxylic acids is 1. The van der Waals surface area contributed by atoms with Gasteiger partial charge in [-0.2, -0.15) is 4.37 Å². The van der Waals surface area contributed by atoms with Crippen LogP contribution >= 0.6 is 23.1 Å². The molecule has 1 saturated heterocycles. The van der Waals surface area contributed by atoms with E-state index in [0.717, 1.165) is 53.3 Å². The van der Waals surface area contributed by atoms with Crippen LogP contribution in [0.2, 0.25) is 5.02 Å². The molecule has 0 saturated carbocycles. The lowest BCUT2D eigenvalue weighted by Crippen LogP contribution is -2.35. The maximum Gasteiger partial charge on any atom is 0.253 e. The lowest BCUT2D eigenvalue weighted by Gasteiger charge is -2.26. The van der Waals surface area contributed by atoms with Crippen molar-refractivity contribution < 1.29 is 4.79 Å². The van der Waals surface area contributed by atoms with Gasteiger partial charge in [-0.15, -0.1) is 0 Å². The van der Waals surface area contributed by atoms with Crippen LogP contribution in [0.3, 0.4) is 0 Å². The molecule has 0 spiro atoms. The van der Waals surface area contributed by atoms with E-state index in [1.165, 1.54) is 18.0 Å². The van der Waals surface area contributed by atoms with Gasteiger partial charge in [-0.1, -0.05) is 38.4 Å². The van der Waals surface area contributed by atoms with E-state index in [1.54, 1.807) is 6.07 Å². The maximum absolute atomic E-state index is 12.8. The van der Waals surface area contributed by atoms with Crippen LogP contribution < -0.4 is 0 Å². The van der Waals surface area contributed by atoms with Gasteiger partial charge >= 0.3 is 0 Å². The van der Waals surface area contributed by atoms with Crippen LogP contribution in [0.1, 0.15) is 56.1 Å². The number of carbonyl (C=O) groups is 1. The zero-order valence-electron chi connectivity index (χ0n) is 17.6. The Morgan fingerprint density at radius 3 is 2.53 bits per heavy atom. The molecule has 1 aliphatic rings. The van der Waals surface area contributed by atoms with Crippen LogP contribution in [0.15, 0.2) is 42.6 Å². The first-order valence-electron chi connectivity index (χ1n) is 10.4. The topological polar surface area (TPSA) is 46.1 Å². The molecule has 0 unspecified atom stereocenters.